The summed E-state index contributed by atoms with van der Waals surface area (Å²) in [6.45, 7) is -2.17. The minimum Gasteiger partial charge on any atom is -0.345 e. The molecule has 1 aliphatic carbocycles. The summed E-state index contributed by atoms with van der Waals surface area (Å²) in [7, 11) is 0. The van der Waals surface area contributed by atoms with Crippen LogP contribution in [0.1, 0.15) is 24.0 Å². The van der Waals surface area contributed by atoms with E-state index in [1.54, 1.807) is 17.4 Å². The van der Waals surface area contributed by atoms with Gasteiger partial charge >= 0.3 is 6.18 Å². The Hall–Kier alpha value is -2.38. The molecule has 0 aromatic heterocycles. The van der Waals surface area contributed by atoms with Crippen LogP contribution in [0.5, 0.6) is 0 Å². The third-order valence-corrected chi connectivity index (χ3v) is 4.55. The maximum atomic E-state index is 12.7. The van der Waals surface area contributed by atoms with Gasteiger partial charge in [0.15, 0.2) is 0 Å². The van der Waals surface area contributed by atoms with E-state index in [4.69, 9.17) is 0 Å². The lowest BCUT2D eigenvalue weighted by atomic mass is 9.80. The van der Waals surface area contributed by atoms with Crippen LogP contribution in [0.4, 0.5) is 13.2 Å². The highest BCUT2D eigenvalue weighted by Gasteiger charge is 2.55. The number of carbonyl (C=O) groups excluding carboxylic acids is 3. The van der Waals surface area contributed by atoms with Crippen molar-refractivity contribution in [1.29, 1.82) is 0 Å². The Morgan fingerprint density at radius 1 is 1.25 bits per heavy atom. The molecule has 1 saturated heterocycles. The standard InChI is InChI=1S/C16H15F3N2O3/c17-16(18,19)9-20-12(22)8-21-13(23)7-15(14(21)24)6-5-10-3-1-2-4-11(10)15/h1-4H,5-9H2,(H,20,22)/t15-/m1/s1. The average Bonchev–Trinajstić information content (AvgIpc) is 2.99. The van der Waals surface area contributed by atoms with Crippen LogP contribution in [0.2, 0.25) is 0 Å². The summed E-state index contributed by atoms with van der Waals surface area (Å²) in [5, 5.41) is 1.68. The molecule has 5 nitrogen and oxygen atoms in total. The Balaban J connectivity index is 1.75. The number of alkyl halides is 3. The van der Waals surface area contributed by atoms with Crippen LogP contribution in [-0.4, -0.2) is 41.9 Å². The second-order valence-electron chi connectivity index (χ2n) is 6.09. The molecule has 0 radical (unpaired) electrons. The van der Waals surface area contributed by atoms with Crippen LogP contribution >= 0.6 is 0 Å². The minimum atomic E-state index is -4.54. The highest BCUT2D eigenvalue weighted by Crippen LogP contribution is 2.46. The van der Waals surface area contributed by atoms with Crippen molar-refractivity contribution in [2.45, 2.75) is 30.9 Å². The normalized spacial score (nSPS) is 23.0. The number of nitrogens with zero attached hydrogens (tertiary/aromatic N) is 1. The number of hydrogen-bond donors (Lipinski definition) is 1. The fourth-order valence-corrected chi connectivity index (χ4v) is 3.45. The molecule has 2 aliphatic rings. The highest BCUT2D eigenvalue weighted by atomic mass is 19.4. The van der Waals surface area contributed by atoms with Crippen LogP contribution in [0.15, 0.2) is 24.3 Å². The number of fused-ring (bicyclic) bond motifs is 2. The summed E-state index contributed by atoms with van der Waals surface area (Å²) in [4.78, 5) is 37.3. The van der Waals surface area contributed by atoms with Crippen LogP contribution in [0.25, 0.3) is 0 Å². The average molecular weight is 340 g/mol. The van der Waals surface area contributed by atoms with Gasteiger partial charge < -0.3 is 5.32 Å². The van der Waals surface area contributed by atoms with Crippen molar-refractivity contribution in [1.82, 2.24) is 10.2 Å². The summed E-state index contributed by atoms with van der Waals surface area (Å²) >= 11 is 0. The van der Waals surface area contributed by atoms with Crippen LogP contribution in [0.3, 0.4) is 0 Å². The Bertz CT molecular complexity index is 717. The largest absolute Gasteiger partial charge is 0.405 e. The molecule has 128 valence electrons. The van der Waals surface area contributed by atoms with Crippen molar-refractivity contribution < 1.29 is 27.6 Å². The van der Waals surface area contributed by atoms with E-state index >= 15 is 0 Å². The van der Waals surface area contributed by atoms with E-state index in [2.05, 4.69) is 0 Å². The van der Waals surface area contributed by atoms with Crippen LogP contribution < -0.4 is 5.32 Å². The number of hydrogen-bond acceptors (Lipinski definition) is 3. The van der Waals surface area contributed by atoms with E-state index < -0.39 is 42.4 Å². The van der Waals surface area contributed by atoms with Gasteiger partial charge in [-0.05, 0) is 24.0 Å². The quantitative estimate of drug-likeness (QED) is 0.844. The van der Waals surface area contributed by atoms with Gasteiger partial charge in [0.1, 0.15) is 13.1 Å². The van der Waals surface area contributed by atoms with E-state index in [0.29, 0.717) is 12.8 Å². The zero-order valence-electron chi connectivity index (χ0n) is 12.7. The topological polar surface area (TPSA) is 66.5 Å². The Morgan fingerprint density at radius 2 is 1.96 bits per heavy atom. The van der Waals surface area contributed by atoms with Crippen LogP contribution in [-0.2, 0) is 26.2 Å². The molecule has 1 aromatic rings. The number of imide groups is 1. The molecule has 0 saturated carbocycles. The molecule has 1 spiro atoms. The second-order valence-corrected chi connectivity index (χ2v) is 6.09. The van der Waals surface area contributed by atoms with E-state index in [1.807, 2.05) is 12.1 Å². The molecule has 1 fully saturated rings. The molecule has 1 heterocycles. The summed E-state index contributed by atoms with van der Waals surface area (Å²) in [5.74, 6) is -2.03. The first-order chi connectivity index (χ1) is 11.2. The molecule has 1 aliphatic heterocycles. The van der Waals surface area contributed by atoms with Crippen molar-refractivity contribution in [3.05, 3.63) is 35.4 Å². The van der Waals surface area contributed by atoms with Crippen molar-refractivity contribution in [2.24, 2.45) is 0 Å². The van der Waals surface area contributed by atoms with Gasteiger partial charge in [0.05, 0.1) is 5.41 Å². The smallest absolute Gasteiger partial charge is 0.345 e. The van der Waals surface area contributed by atoms with Crippen molar-refractivity contribution >= 4 is 17.7 Å². The lowest BCUT2D eigenvalue weighted by molar-refractivity contribution is -0.146. The van der Waals surface area contributed by atoms with E-state index in [0.717, 1.165) is 16.0 Å². The number of aryl methyl sites for hydroxylation is 1. The number of benzene rings is 1. The number of amides is 3. The minimum absolute atomic E-state index is 0.0462. The SMILES string of the molecule is O=C(CN1C(=O)C[C@@]2(CCc3ccccc32)C1=O)NCC(F)(F)F. The van der Waals surface area contributed by atoms with Gasteiger partial charge in [-0.25, -0.2) is 0 Å². The summed E-state index contributed by atoms with van der Waals surface area (Å²) < 4.78 is 36.4. The molecule has 1 atom stereocenters. The number of carbonyl (C=O) groups is 3. The van der Waals surface area contributed by atoms with Gasteiger partial charge in [-0.15, -0.1) is 0 Å². The Kier molecular flexibility index (Phi) is 3.85. The Labute approximate surface area is 135 Å². The maximum absolute atomic E-state index is 12.7. The van der Waals surface area contributed by atoms with E-state index in [9.17, 15) is 27.6 Å². The zero-order chi connectivity index (χ0) is 17.5. The van der Waals surface area contributed by atoms with E-state index in [1.165, 1.54) is 0 Å². The monoisotopic (exact) mass is 340 g/mol. The number of rotatable bonds is 3. The fraction of sp³-hybridized carbons (Fsp3) is 0.438. The van der Waals surface area contributed by atoms with Gasteiger partial charge in [-0.3, -0.25) is 19.3 Å². The van der Waals surface area contributed by atoms with Crippen molar-refractivity contribution in [3.63, 3.8) is 0 Å². The third-order valence-electron chi connectivity index (χ3n) is 4.55. The van der Waals surface area contributed by atoms with Gasteiger partial charge in [-0.2, -0.15) is 13.2 Å². The Morgan fingerprint density at radius 3 is 2.67 bits per heavy atom. The molecule has 8 heteroatoms. The lowest BCUT2D eigenvalue weighted by Gasteiger charge is -2.22. The first kappa shape index (κ1) is 16.5. The predicted molar refractivity (Wildman–Crippen MR) is 76.8 cm³/mol. The molecule has 3 amide bonds. The molecule has 0 unspecified atom stereocenters. The van der Waals surface area contributed by atoms with Gasteiger partial charge in [-0.1, -0.05) is 24.3 Å². The second kappa shape index (κ2) is 5.61. The van der Waals surface area contributed by atoms with E-state index in [-0.39, 0.29) is 6.42 Å². The molecule has 3 rings (SSSR count). The molecule has 0 bridgehead atoms. The molecule has 1 N–H and O–H groups in total. The number of nitrogens with one attached hydrogen (secondary N) is 1. The highest BCUT2D eigenvalue weighted by molar-refractivity contribution is 6.11. The molecular formula is C16H15F3N2O3. The fourth-order valence-electron chi connectivity index (χ4n) is 3.45. The first-order valence-electron chi connectivity index (χ1n) is 7.49. The van der Waals surface area contributed by atoms with Gasteiger partial charge in [0.25, 0.3) is 0 Å². The van der Waals surface area contributed by atoms with Gasteiger partial charge in [0.2, 0.25) is 17.7 Å². The molecular weight excluding hydrogens is 325 g/mol. The third kappa shape index (κ3) is 2.76. The van der Waals surface area contributed by atoms with Crippen molar-refractivity contribution in [2.75, 3.05) is 13.1 Å². The summed E-state index contributed by atoms with van der Waals surface area (Å²) in [6, 6.07) is 7.31. The predicted octanol–water partition coefficient (Wildman–Crippen LogP) is 1.31. The summed E-state index contributed by atoms with van der Waals surface area (Å²) in [5.41, 5.74) is 0.793. The maximum Gasteiger partial charge on any atom is 0.405 e. The summed E-state index contributed by atoms with van der Waals surface area (Å²) in [6.07, 6.45) is -3.46. The van der Waals surface area contributed by atoms with Gasteiger partial charge in [0, 0.05) is 6.42 Å². The molecule has 24 heavy (non-hydrogen) atoms. The molecule has 1 aromatic carbocycles. The lowest BCUT2D eigenvalue weighted by Crippen LogP contribution is -2.45. The van der Waals surface area contributed by atoms with Crippen molar-refractivity contribution in [3.8, 4) is 0 Å². The zero-order valence-corrected chi connectivity index (χ0v) is 12.7. The first-order valence-corrected chi connectivity index (χ1v) is 7.49. The number of likely N-dealkylation sites (tertiary alicyclic amines) is 1. The number of halogens is 3. The van der Waals surface area contributed by atoms with Crippen LogP contribution in [0, 0.1) is 0 Å².